The molecule has 3 aromatic rings. The fraction of sp³-hybridized carbons (Fsp3) is 0.280. The molecule has 1 heterocycles. The number of hydrogen-bond acceptors (Lipinski definition) is 6. The molecule has 0 aliphatic carbocycles. The van der Waals surface area contributed by atoms with E-state index >= 15 is 0 Å². The number of nitrogens with zero attached hydrogens (tertiary/aromatic N) is 3. The summed E-state index contributed by atoms with van der Waals surface area (Å²) >= 11 is 0. The predicted octanol–water partition coefficient (Wildman–Crippen LogP) is 2.66. The van der Waals surface area contributed by atoms with E-state index in [1.54, 1.807) is 61.7 Å². The molecule has 0 aliphatic heterocycles. The topological polar surface area (TPSA) is 118 Å². The van der Waals surface area contributed by atoms with Crippen LogP contribution in [0.4, 0.5) is 10.5 Å². The number of urea groups is 1. The maximum absolute atomic E-state index is 12.4. The number of carbonyl (C=O) groups excluding carboxylic acids is 3. The maximum Gasteiger partial charge on any atom is 0.358 e. The second-order valence-electron chi connectivity index (χ2n) is 7.98. The molecular weight excluding hydrogens is 448 g/mol. The van der Waals surface area contributed by atoms with Crippen molar-refractivity contribution in [1.29, 1.82) is 0 Å². The SMILES string of the molecule is CCOC(=O)c1ccn(-c2cccc(NC(=O)NCc3cccc(C(=O)NCCN(C)C)c3)c2)n1. The molecule has 3 N–H and O–H groups in total. The molecule has 3 rings (SSSR count). The highest BCUT2D eigenvalue weighted by atomic mass is 16.5. The van der Waals surface area contributed by atoms with E-state index in [1.807, 2.05) is 25.1 Å². The van der Waals surface area contributed by atoms with Gasteiger partial charge in [0.15, 0.2) is 5.69 Å². The first-order valence-electron chi connectivity index (χ1n) is 11.3. The van der Waals surface area contributed by atoms with Gasteiger partial charge in [0.05, 0.1) is 12.3 Å². The highest BCUT2D eigenvalue weighted by Crippen LogP contribution is 2.15. The number of amides is 3. The van der Waals surface area contributed by atoms with Gasteiger partial charge < -0.3 is 25.6 Å². The summed E-state index contributed by atoms with van der Waals surface area (Å²) < 4.78 is 6.49. The van der Waals surface area contributed by atoms with Crippen molar-refractivity contribution in [2.75, 3.05) is 39.1 Å². The van der Waals surface area contributed by atoms with Gasteiger partial charge in [-0.1, -0.05) is 18.2 Å². The van der Waals surface area contributed by atoms with Gasteiger partial charge in [0.2, 0.25) is 0 Å². The second-order valence-corrected chi connectivity index (χ2v) is 7.98. The van der Waals surface area contributed by atoms with Gasteiger partial charge >= 0.3 is 12.0 Å². The first-order valence-corrected chi connectivity index (χ1v) is 11.3. The van der Waals surface area contributed by atoms with Crippen LogP contribution in [-0.2, 0) is 11.3 Å². The van der Waals surface area contributed by atoms with Crippen LogP contribution >= 0.6 is 0 Å². The smallest absolute Gasteiger partial charge is 0.358 e. The first-order chi connectivity index (χ1) is 16.9. The van der Waals surface area contributed by atoms with Gasteiger partial charge in [0, 0.05) is 37.1 Å². The first kappa shape index (κ1) is 25.4. The Morgan fingerprint density at radius 3 is 2.60 bits per heavy atom. The molecule has 0 fully saturated rings. The molecule has 0 radical (unpaired) electrons. The Bertz CT molecular complexity index is 1170. The molecule has 0 bridgehead atoms. The number of carbonyl (C=O) groups is 3. The third kappa shape index (κ3) is 7.68. The van der Waals surface area contributed by atoms with Crippen molar-refractivity contribution >= 4 is 23.6 Å². The fourth-order valence-electron chi connectivity index (χ4n) is 3.18. The number of esters is 1. The van der Waals surface area contributed by atoms with Gasteiger partial charge in [-0.05, 0) is 63.0 Å². The van der Waals surface area contributed by atoms with Crippen molar-refractivity contribution < 1.29 is 19.1 Å². The third-order valence-electron chi connectivity index (χ3n) is 4.93. The molecular formula is C25H30N6O4. The summed E-state index contributed by atoms with van der Waals surface area (Å²) in [5, 5.41) is 12.7. The number of nitrogens with one attached hydrogen (secondary N) is 3. The zero-order chi connectivity index (χ0) is 25.2. The van der Waals surface area contributed by atoms with Gasteiger partial charge in [-0.25, -0.2) is 14.3 Å². The van der Waals surface area contributed by atoms with Crippen LogP contribution in [0.1, 0.15) is 33.3 Å². The van der Waals surface area contributed by atoms with Crippen LogP contribution in [0.5, 0.6) is 0 Å². The van der Waals surface area contributed by atoms with E-state index in [0.717, 1.165) is 12.1 Å². The summed E-state index contributed by atoms with van der Waals surface area (Å²) in [6.45, 7) is 3.57. The second kappa shape index (κ2) is 12.3. The number of rotatable bonds is 10. The molecule has 3 amide bonds. The zero-order valence-electron chi connectivity index (χ0n) is 20.1. The summed E-state index contributed by atoms with van der Waals surface area (Å²) in [5.74, 6) is -0.644. The maximum atomic E-state index is 12.4. The minimum absolute atomic E-state index is 0.153. The van der Waals surface area contributed by atoms with Crippen LogP contribution in [0.2, 0.25) is 0 Å². The highest BCUT2D eigenvalue weighted by Gasteiger charge is 2.12. The lowest BCUT2D eigenvalue weighted by atomic mass is 10.1. The molecule has 1 aromatic heterocycles. The lowest BCUT2D eigenvalue weighted by Crippen LogP contribution is -2.31. The van der Waals surface area contributed by atoms with Crippen molar-refractivity contribution in [3.8, 4) is 5.69 Å². The van der Waals surface area contributed by atoms with Crippen molar-refractivity contribution in [1.82, 2.24) is 25.3 Å². The number of likely N-dealkylation sites (N-methyl/N-ethyl adjacent to an activating group) is 1. The lowest BCUT2D eigenvalue weighted by molar-refractivity contribution is 0.0518. The molecule has 184 valence electrons. The van der Waals surface area contributed by atoms with E-state index in [9.17, 15) is 14.4 Å². The molecule has 0 spiro atoms. The molecule has 0 saturated carbocycles. The standard InChI is InChI=1S/C25H30N6O4/c1-4-35-24(33)22-11-13-31(29-22)21-10-6-9-20(16-21)28-25(34)27-17-18-7-5-8-19(15-18)23(32)26-12-14-30(2)3/h5-11,13,15-16H,4,12,14,17H2,1-3H3,(H,26,32)(H2,27,28,34). The van der Waals surface area contributed by atoms with Crippen LogP contribution in [0.15, 0.2) is 60.8 Å². The van der Waals surface area contributed by atoms with Crippen molar-refractivity contribution in [2.24, 2.45) is 0 Å². The van der Waals surface area contributed by atoms with Crippen LogP contribution in [0.25, 0.3) is 5.69 Å². The van der Waals surface area contributed by atoms with Gasteiger partial charge in [-0.15, -0.1) is 0 Å². The molecule has 10 heteroatoms. The number of anilines is 1. The number of benzene rings is 2. The van der Waals surface area contributed by atoms with Crippen LogP contribution < -0.4 is 16.0 Å². The monoisotopic (exact) mass is 478 g/mol. The largest absolute Gasteiger partial charge is 0.461 e. The Morgan fingerprint density at radius 1 is 1.03 bits per heavy atom. The van der Waals surface area contributed by atoms with Crippen LogP contribution in [0.3, 0.4) is 0 Å². The average molecular weight is 479 g/mol. The lowest BCUT2D eigenvalue weighted by Gasteiger charge is -2.12. The van der Waals surface area contributed by atoms with Crippen LogP contribution in [0, 0.1) is 0 Å². The highest BCUT2D eigenvalue weighted by molar-refractivity contribution is 5.94. The van der Waals surface area contributed by atoms with Gasteiger partial charge in [0.1, 0.15) is 0 Å². The van der Waals surface area contributed by atoms with Gasteiger partial charge in [-0.2, -0.15) is 5.10 Å². The zero-order valence-corrected chi connectivity index (χ0v) is 20.1. The number of aromatic nitrogens is 2. The minimum Gasteiger partial charge on any atom is -0.461 e. The summed E-state index contributed by atoms with van der Waals surface area (Å²) in [7, 11) is 3.89. The molecule has 10 nitrogen and oxygen atoms in total. The van der Waals surface area contributed by atoms with E-state index in [-0.39, 0.29) is 24.8 Å². The molecule has 0 saturated heterocycles. The van der Waals surface area contributed by atoms with Crippen molar-refractivity contribution in [3.63, 3.8) is 0 Å². The summed E-state index contributed by atoms with van der Waals surface area (Å²) in [5.41, 5.74) is 2.78. The van der Waals surface area contributed by atoms with Crippen LogP contribution in [-0.4, -0.2) is 66.4 Å². The third-order valence-corrected chi connectivity index (χ3v) is 4.93. The molecule has 2 aromatic carbocycles. The number of hydrogen-bond donors (Lipinski definition) is 3. The normalized spacial score (nSPS) is 10.6. The molecule has 0 atom stereocenters. The summed E-state index contributed by atoms with van der Waals surface area (Å²) in [6, 6.07) is 15.4. The van der Waals surface area contributed by atoms with Crippen molar-refractivity contribution in [3.05, 3.63) is 77.6 Å². The fourth-order valence-corrected chi connectivity index (χ4v) is 3.18. The Morgan fingerprint density at radius 2 is 1.83 bits per heavy atom. The Balaban J connectivity index is 1.55. The summed E-state index contributed by atoms with van der Waals surface area (Å²) in [6.07, 6.45) is 1.65. The molecule has 0 unspecified atom stereocenters. The van der Waals surface area contributed by atoms with Gasteiger partial charge in [-0.3, -0.25) is 4.79 Å². The number of ether oxygens (including phenoxy) is 1. The Hall–Kier alpha value is -4.18. The van der Waals surface area contributed by atoms with E-state index in [1.165, 1.54) is 4.68 Å². The van der Waals surface area contributed by atoms with Crippen molar-refractivity contribution in [2.45, 2.75) is 13.5 Å². The Labute approximate surface area is 204 Å². The molecule has 35 heavy (non-hydrogen) atoms. The minimum atomic E-state index is -0.491. The summed E-state index contributed by atoms with van der Waals surface area (Å²) in [4.78, 5) is 38.6. The predicted molar refractivity (Wildman–Crippen MR) is 133 cm³/mol. The average Bonchev–Trinajstić information content (AvgIpc) is 3.34. The van der Waals surface area contributed by atoms with E-state index in [2.05, 4.69) is 21.0 Å². The van der Waals surface area contributed by atoms with E-state index in [0.29, 0.717) is 23.5 Å². The van der Waals surface area contributed by atoms with E-state index < -0.39 is 12.0 Å². The quantitative estimate of drug-likeness (QED) is 0.386. The Kier molecular flexibility index (Phi) is 8.96. The van der Waals surface area contributed by atoms with Gasteiger partial charge in [0.25, 0.3) is 5.91 Å². The molecule has 0 aliphatic rings. The van der Waals surface area contributed by atoms with E-state index in [4.69, 9.17) is 4.74 Å².